The Morgan fingerprint density at radius 1 is 0.940 bits per heavy atom. The molecule has 0 saturated carbocycles. The minimum absolute atomic E-state index is 0.0281. The van der Waals surface area contributed by atoms with Crippen LogP contribution in [0.15, 0.2) is 115 Å². The van der Waals surface area contributed by atoms with Crippen molar-refractivity contribution in [3.05, 3.63) is 138 Å². The van der Waals surface area contributed by atoms with Gasteiger partial charge < -0.3 is 19.9 Å². The van der Waals surface area contributed by atoms with Crippen molar-refractivity contribution in [2.24, 2.45) is 5.92 Å². The number of benzene rings is 4. The summed E-state index contributed by atoms with van der Waals surface area (Å²) in [6, 6.07) is 36.0. The van der Waals surface area contributed by atoms with Crippen molar-refractivity contribution >= 4 is 24.9 Å². The van der Waals surface area contributed by atoms with Crippen molar-refractivity contribution in [1.29, 1.82) is 0 Å². The van der Waals surface area contributed by atoms with E-state index in [0.717, 1.165) is 42.0 Å². The summed E-state index contributed by atoms with van der Waals surface area (Å²) >= 11 is 0. The van der Waals surface area contributed by atoms with Gasteiger partial charge in [0.1, 0.15) is 5.75 Å². The van der Waals surface area contributed by atoms with Gasteiger partial charge in [-0.05, 0) is 78.2 Å². The largest absolute Gasteiger partial charge is 0.497 e. The number of hydrogen-bond acceptors (Lipinski definition) is 6. The average molecular weight is 689 g/mol. The zero-order valence-electron chi connectivity index (χ0n) is 29.4. The molecule has 1 unspecified atom stereocenters. The second-order valence-corrected chi connectivity index (χ2v) is 18.6. The highest BCUT2D eigenvalue weighted by Crippen LogP contribution is 2.46. The number of aryl methyl sites for hydroxylation is 2. The van der Waals surface area contributed by atoms with Crippen molar-refractivity contribution in [3.63, 3.8) is 0 Å². The summed E-state index contributed by atoms with van der Waals surface area (Å²) < 4.78 is 14.4. The highest BCUT2D eigenvalue weighted by atomic mass is 28.3. The number of nitrogens with one attached hydrogen (secondary N) is 1. The van der Waals surface area contributed by atoms with Gasteiger partial charge in [-0.25, -0.2) is 0 Å². The van der Waals surface area contributed by atoms with Gasteiger partial charge in [0, 0.05) is 24.0 Å². The van der Waals surface area contributed by atoms with Crippen LogP contribution in [0.4, 0.5) is 5.69 Å². The molecule has 2 N–H and O–H groups in total. The molecule has 5 atom stereocenters. The third-order valence-corrected chi connectivity index (χ3v) is 14.8. The Morgan fingerprint density at radius 3 is 2.36 bits per heavy atom. The second-order valence-electron chi connectivity index (χ2n) is 13.9. The van der Waals surface area contributed by atoms with E-state index < -0.39 is 8.07 Å². The molecule has 6 rings (SSSR count). The van der Waals surface area contributed by atoms with Gasteiger partial charge in [-0.15, -0.1) is 5.10 Å². The van der Waals surface area contributed by atoms with E-state index in [4.69, 9.17) is 9.47 Å². The average Bonchev–Trinajstić information content (AvgIpc) is 3.75. The van der Waals surface area contributed by atoms with E-state index in [9.17, 15) is 9.90 Å². The molecule has 5 aromatic rings. The molecule has 4 aromatic carbocycles. The van der Waals surface area contributed by atoms with Crippen molar-refractivity contribution in [3.8, 4) is 5.75 Å². The van der Waals surface area contributed by atoms with Crippen LogP contribution < -0.4 is 15.2 Å². The first kappa shape index (κ1) is 35.3. The Balaban J connectivity index is 1.17. The first-order valence-electron chi connectivity index (χ1n) is 17.6. The number of amides is 1. The van der Waals surface area contributed by atoms with E-state index in [1.165, 1.54) is 10.8 Å². The normalized spacial score (nSPS) is 19.6. The highest BCUT2D eigenvalue weighted by Gasteiger charge is 2.50. The van der Waals surface area contributed by atoms with E-state index in [2.05, 4.69) is 72.0 Å². The fourth-order valence-corrected chi connectivity index (χ4v) is 11.8. The number of aliphatic hydroxyl groups excluding tert-OH is 1. The summed E-state index contributed by atoms with van der Waals surface area (Å²) in [7, 11) is -0.321. The highest BCUT2D eigenvalue weighted by molar-refractivity contribution is 6.91. The molecule has 260 valence electrons. The molecule has 1 aromatic heterocycles. The van der Waals surface area contributed by atoms with Crippen LogP contribution in [0.3, 0.4) is 0 Å². The molecular formula is C41H48N4O4Si. The summed E-state index contributed by atoms with van der Waals surface area (Å²) in [5, 5.41) is 23.5. The number of anilines is 1. The Bertz CT molecular complexity index is 1830. The van der Waals surface area contributed by atoms with Gasteiger partial charge in [-0.2, -0.15) is 0 Å². The lowest BCUT2D eigenvalue weighted by atomic mass is 9.95. The van der Waals surface area contributed by atoms with Gasteiger partial charge in [0.05, 0.1) is 45.6 Å². The van der Waals surface area contributed by atoms with E-state index in [-0.39, 0.29) is 30.6 Å². The van der Waals surface area contributed by atoms with Crippen LogP contribution in [-0.4, -0.2) is 60.0 Å². The molecule has 50 heavy (non-hydrogen) atoms. The maximum absolute atomic E-state index is 12.8. The van der Waals surface area contributed by atoms with Crippen LogP contribution in [0.25, 0.3) is 0 Å². The fourth-order valence-electron chi connectivity index (χ4n) is 7.72. The molecule has 1 amide bonds. The Kier molecular flexibility index (Phi) is 11.3. The maximum Gasteiger partial charge on any atom is 0.255 e. The van der Waals surface area contributed by atoms with Gasteiger partial charge >= 0.3 is 0 Å². The fraction of sp³-hybridized carbons (Fsp3) is 0.341. The molecule has 8 nitrogen and oxygen atoms in total. The first-order valence-corrected chi connectivity index (χ1v) is 20.7. The number of rotatable bonds is 14. The maximum atomic E-state index is 12.8. The molecular weight excluding hydrogens is 641 g/mol. The summed E-state index contributed by atoms with van der Waals surface area (Å²) in [5.74, 6) is 0.896. The number of methoxy groups -OCH3 is 1. The van der Waals surface area contributed by atoms with Gasteiger partial charge in [-0.3, -0.25) is 9.48 Å². The molecule has 0 radical (unpaired) electrons. The van der Waals surface area contributed by atoms with E-state index >= 15 is 0 Å². The van der Waals surface area contributed by atoms with E-state index in [0.29, 0.717) is 23.6 Å². The van der Waals surface area contributed by atoms with Crippen LogP contribution in [0.5, 0.6) is 5.75 Å². The zero-order chi connectivity index (χ0) is 35.1. The van der Waals surface area contributed by atoms with Crippen molar-refractivity contribution in [1.82, 2.24) is 15.0 Å². The summed E-state index contributed by atoms with van der Waals surface area (Å²) in [5.41, 5.74) is 4.78. The lowest BCUT2D eigenvalue weighted by Crippen LogP contribution is -2.50. The van der Waals surface area contributed by atoms with Gasteiger partial charge in [0.25, 0.3) is 5.91 Å². The quantitative estimate of drug-likeness (QED) is 0.121. The van der Waals surface area contributed by atoms with Gasteiger partial charge in [0.15, 0.2) is 0 Å². The minimum atomic E-state index is -2.03. The van der Waals surface area contributed by atoms with Crippen molar-refractivity contribution in [2.75, 3.05) is 19.0 Å². The number of ether oxygens (including phenoxy) is 2. The van der Waals surface area contributed by atoms with Crippen LogP contribution in [0.2, 0.25) is 18.6 Å². The lowest BCUT2D eigenvalue weighted by Gasteiger charge is -2.36. The molecule has 0 aliphatic carbocycles. The smallest absolute Gasteiger partial charge is 0.255 e. The summed E-state index contributed by atoms with van der Waals surface area (Å²) in [4.78, 5) is 12.8. The van der Waals surface area contributed by atoms with Crippen LogP contribution in [0.1, 0.15) is 52.9 Å². The Morgan fingerprint density at radius 2 is 1.66 bits per heavy atom. The number of aliphatic hydroxyl groups is 1. The Labute approximate surface area is 296 Å². The third-order valence-electron chi connectivity index (χ3n) is 10.4. The second kappa shape index (κ2) is 16.0. The summed E-state index contributed by atoms with van der Waals surface area (Å²) in [6.45, 7) is 7.94. The van der Waals surface area contributed by atoms with Crippen LogP contribution >= 0.6 is 0 Å². The number of nitrogens with zero attached hydrogens (tertiary/aromatic N) is 3. The first-order chi connectivity index (χ1) is 24.3. The number of carbonyl (C=O) groups is 1. The molecule has 1 aliphatic rings. The van der Waals surface area contributed by atoms with Crippen molar-refractivity contribution < 1.29 is 19.4 Å². The van der Waals surface area contributed by atoms with E-state index in [1.807, 2.05) is 83.7 Å². The molecule has 0 spiro atoms. The van der Waals surface area contributed by atoms with Crippen molar-refractivity contribution in [2.45, 2.75) is 69.5 Å². The molecule has 9 heteroatoms. The molecule has 1 saturated heterocycles. The van der Waals surface area contributed by atoms with Gasteiger partial charge in [-0.1, -0.05) is 103 Å². The van der Waals surface area contributed by atoms with Gasteiger partial charge in [0.2, 0.25) is 0 Å². The predicted octanol–water partition coefficient (Wildman–Crippen LogP) is 7.08. The molecule has 1 aliphatic heterocycles. The monoisotopic (exact) mass is 688 g/mol. The summed E-state index contributed by atoms with van der Waals surface area (Å²) in [6.07, 6.45) is 4.68. The molecule has 2 heterocycles. The zero-order valence-corrected chi connectivity index (χ0v) is 30.4. The van der Waals surface area contributed by atoms with E-state index in [1.54, 1.807) is 7.11 Å². The number of aromatic nitrogens is 3. The SMILES string of the molecule is COc1ccc([Si](C)(C)[C@H]2[C@H](C)[C@H](CCc3cccc(NC(=O)c4ccccc4)c3)O[C@@H]2CCn2cc(C(CO)c3ccccc3)nn2)cc1. The number of carbonyl (C=O) groups excluding carboxylic acids is 1. The third kappa shape index (κ3) is 8.07. The minimum Gasteiger partial charge on any atom is -0.497 e. The molecule has 1 fully saturated rings. The van der Waals surface area contributed by atoms with Crippen LogP contribution in [0, 0.1) is 5.92 Å². The lowest BCUT2D eigenvalue weighted by molar-refractivity contribution is 0.0249. The number of hydrogen-bond donors (Lipinski definition) is 2. The standard InChI is InChI=1S/C41H48N4O4Si/c1-29-38(23-18-30-12-11-17-33(26-30)42-41(47)32-15-9-6-10-16-32)49-39(40(29)50(3,4)35-21-19-34(48-2)20-22-35)24-25-45-27-37(43-44-45)36(28-46)31-13-7-5-8-14-31/h5-17,19-22,26-27,29,36,38-40,46H,18,23-25,28H2,1-4H3,(H,42,47)/t29-,36?,38+,39-,40+/m1/s1. The topological polar surface area (TPSA) is 98.5 Å². The predicted molar refractivity (Wildman–Crippen MR) is 201 cm³/mol. The Hall–Kier alpha value is -4.57. The molecule has 0 bridgehead atoms. The van der Waals surface area contributed by atoms with Crippen LogP contribution in [-0.2, 0) is 17.7 Å².